The molecule has 0 aliphatic heterocycles. The van der Waals surface area contributed by atoms with Gasteiger partial charge in [0.15, 0.2) is 0 Å². The Morgan fingerprint density at radius 3 is 2.79 bits per heavy atom. The van der Waals surface area contributed by atoms with Crippen molar-refractivity contribution in [3.8, 4) is 11.5 Å². The fourth-order valence-corrected chi connectivity index (χ4v) is 4.76. The van der Waals surface area contributed by atoms with Crippen LogP contribution in [0.25, 0.3) is 0 Å². The van der Waals surface area contributed by atoms with Crippen molar-refractivity contribution in [3.05, 3.63) is 63.9 Å². The summed E-state index contributed by atoms with van der Waals surface area (Å²) in [6.45, 7) is 4.05. The maximum absolute atomic E-state index is 7.03. The van der Waals surface area contributed by atoms with Gasteiger partial charge in [0.25, 0.3) is 0 Å². The highest BCUT2D eigenvalue weighted by Crippen LogP contribution is 2.59. The van der Waals surface area contributed by atoms with Gasteiger partial charge in [0.1, 0.15) is 11.5 Å². The normalized spacial score (nSPS) is 26.5. The minimum Gasteiger partial charge on any atom is -0.497 e. The molecule has 1 aromatic heterocycles. The van der Waals surface area contributed by atoms with E-state index in [-0.39, 0.29) is 11.8 Å². The second kappa shape index (κ2) is 5.33. The fraction of sp³-hybridized carbons (Fsp3) is 0.316. The number of nitrogens with zero attached hydrogens (tertiary/aromatic N) is 1. The maximum atomic E-state index is 7.03. The minimum atomic E-state index is -0.729. The van der Waals surface area contributed by atoms with Crippen LogP contribution in [0.2, 0.25) is 0 Å². The first-order valence-electron chi connectivity index (χ1n) is 7.87. The number of aromatic nitrogens is 1. The van der Waals surface area contributed by atoms with E-state index in [0.717, 1.165) is 39.2 Å². The molecule has 2 bridgehead atoms. The molecule has 0 saturated heterocycles. The molecule has 4 nitrogen and oxygen atoms in total. The van der Waals surface area contributed by atoms with E-state index in [0.29, 0.717) is 0 Å². The first-order valence-corrected chi connectivity index (χ1v) is 8.66. The zero-order valence-electron chi connectivity index (χ0n) is 13.7. The van der Waals surface area contributed by atoms with Crippen LogP contribution in [0.3, 0.4) is 0 Å². The molecule has 2 N–H and O–H groups in total. The lowest BCUT2D eigenvalue weighted by atomic mass is 9.68. The quantitative estimate of drug-likeness (QED) is 0.819. The average Bonchev–Trinajstić information content (AvgIpc) is 2.75. The number of hydrogen-bond donors (Lipinski definition) is 1. The summed E-state index contributed by atoms with van der Waals surface area (Å²) in [4.78, 5) is 4.68. The number of hydrogen-bond acceptors (Lipinski definition) is 4. The van der Waals surface area contributed by atoms with Gasteiger partial charge in [-0.25, -0.2) is 0 Å². The van der Waals surface area contributed by atoms with Crippen molar-refractivity contribution in [1.29, 1.82) is 0 Å². The number of nitrogens with two attached hydrogens (primary N) is 1. The molecule has 0 spiro atoms. The number of benzene rings is 1. The van der Waals surface area contributed by atoms with Crippen LogP contribution in [-0.2, 0) is 12.0 Å². The van der Waals surface area contributed by atoms with E-state index in [1.165, 1.54) is 5.56 Å². The standard InChI is InChI=1S/C19H19BrN2O2/c1-4-15-13-6-10-5-12(23-2)8-16(24-3)17(10)19(15,21)18-14(13)7-11(20)9-22-18/h4-5,7-9,13,15H,1,6,21H2,2-3H3. The Balaban J connectivity index is 2.06. The number of methoxy groups -OCH3 is 2. The van der Waals surface area contributed by atoms with Gasteiger partial charge in [-0.2, -0.15) is 0 Å². The lowest BCUT2D eigenvalue weighted by molar-refractivity contribution is 0.319. The molecule has 1 aromatic carbocycles. The highest BCUT2D eigenvalue weighted by Gasteiger charge is 2.56. The van der Waals surface area contributed by atoms with Crippen LogP contribution in [-0.4, -0.2) is 19.2 Å². The first kappa shape index (κ1) is 15.7. The minimum absolute atomic E-state index is 0.0871. The molecule has 2 aliphatic carbocycles. The van der Waals surface area contributed by atoms with Gasteiger partial charge < -0.3 is 15.2 Å². The van der Waals surface area contributed by atoms with Gasteiger partial charge in [0, 0.05) is 28.2 Å². The fourth-order valence-electron chi connectivity index (χ4n) is 4.42. The van der Waals surface area contributed by atoms with E-state index in [1.807, 2.05) is 18.3 Å². The molecule has 2 aromatic rings. The summed E-state index contributed by atoms with van der Waals surface area (Å²) in [5, 5.41) is 0. The van der Waals surface area contributed by atoms with Crippen LogP contribution in [0.5, 0.6) is 11.5 Å². The van der Waals surface area contributed by atoms with Gasteiger partial charge in [-0.05, 0) is 51.5 Å². The van der Waals surface area contributed by atoms with E-state index < -0.39 is 5.54 Å². The van der Waals surface area contributed by atoms with Gasteiger partial charge in [-0.3, -0.25) is 4.98 Å². The molecule has 0 amide bonds. The van der Waals surface area contributed by atoms with E-state index >= 15 is 0 Å². The number of rotatable bonds is 3. The van der Waals surface area contributed by atoms with Crippen LogP contribution in [0.15, 0.2) is 41.5 Å². The second-order valence-electron chi connectivity index (χ2n) is 6.40. The molecule has 0 fully saturated rings. The van der Waals surface area contributed by atoms with Crippen LogP contribution in [0.4, 0.5) is 0 Å². The van der Waals surface area contributed by atoms with Crippen LogP contribution >= 0.6 is 15.9 Å². The molecule has 2 aliphatic rings. The van der Waals surface area contributed by atoms with Crippen LogP contribution in [0, 0.1) is 5.92 Å². The van der Waals surface area contributed by atoms with Crippen molar-refractivity contribution in [2.75, 3.05) is 14.2 Å². The summed E-state index contributed by atoms with van der Waals surface area (Å²) >= 11 is 3.53. The number of halogens is 1. The molecule has 0 saturated carbocycles. The van der Waals surface area contributed by atoms with E-state index in [2.05, 4.69) is 39.6 Å². The maximum Gasteiger partial charge on any atom is 0.128 e. The summed E-state index contributed by atoms with van der Waals surface area (Å²) in [7, 11) is 3.33. The summed E-state index contributed by atoms with van der Waals surface area (Å²) < 4.78 is 12.1. The van der Waals surface area contributed by atoms with Gasteiger partial charge in [0.05, 0.1) is 25.5 Å². The SMILES string of the molecule is C=CC1C2Cc3cc(OC)cc(OC)c3C1(N)c1ncc(Br)cc12. The number of fused-ring (bicyclic) bond motifs is 7. The third kappa shape index (κ3) is 1.85. The van der Waals surface area contributed by atoms with E-state index in [9.17, 15) is 0 Å². The lowest BCUT2D eigenvalue weighted by Crippen LogP contribution is -2.46. The number of pyridine rings is 1. The third-order valence-electron chi connectivity index (χ3n) is 5.35. The Kier molecular flexibility index (Phi) is 3.48. The van der Waals surface area contributed by atoms with Crippen LogP contribution < -0.4 is 15.2 Å². The lowest BCUT2D eigenvalue weighted by Gasteiger charge is -2.39. The molecule has 1 heterocycles. The Morgan fingerprint density at radius 1 is 1.33 bits per heavy atom. The third-order valence-corrected chi connectivity index (χ3v) is 5.79. The predicted octanol–water partition coefficient (Wildman–Crippen LogP) is 3.52. The Labute approximate surface area is 149 Å². The zero-order chi connectivity index (χ0) is 17.1. The van der Waals surface area contributed by atoms with Crippen molar-refractivity contribution >= 4 is 15.9 Å². The molecule has 24 heavy (non-hydrogen) atoms. The Bertz CT molecular complexity index is 852. The molecule has 3 atom stereocenters. The molecule has 3 unspecified atom stereocenters. The van der Waals surface area contributed by atoms with Gasteiger partial charge in [-0.1, -0.05) is 6.08 Å². The monoisotopic (exact) mass is 386 g/mol. The van der Waals surface area contributed by atoms with Crippen molar-refractivity contribution in [2.24, 2.45) is 11.7 Å². The second-order valence-corrected chi connectivity index (χ2v) is 7.31. The summed E-state index contributed by atoms with van der Waals surface area (Å²) in [6, 6.07) is 6.09. The van der Waals surface area contributed by atoms with Gasteiger partial charge in [0.2, 0.25) is 0 Å². The summed E-state index contributed by atoms with van der Waals surface area (Å²) in [5.41, 5.74) is 10.6. The molecular formula is C19H19BrN2O2. The topological polar surface area (TPSA) is 57.4 Å². The highest BCUT2D eigenvalue weighted by molar-refractivity contribution is 9.10. The van der Waals surface area contributed by atoms with Crippen molar-refractivity contribution < 1.29 is 9.47 Å². The van der Waals surface area contributed by atoms with Crippen molar-refractivity contribution in [1.82, 2.24) is 4.98 Å². The predicted molar refractivity (Wildman–Crippen MR) is 96.6 cm³/mol. The van der Waals surface area contributed by atoms with Gasteiger partial charge in [-0.15, -0.1) is 6.58 Å². The smallest absolute Gasteiger partial charge is 0.128 e. The van der Waals surface area contributed by atoms with Gasteiger partial charge >= 0.3 is 0 Å². The number of ether oxygens (including phenoxy) is 2. The molecule has 4 rings (SSSR count). The molecule has 124 valence electrons. The average molecular weight is 387 g/mol. The van der Waals surface area contributed by atoms with Crippen molar-refractivity contribution in [3.63, 3.8) is 0 Å². The van der Waals surface area contributed by atoms with E-state index in [4.69, 9.17) is 15.2 Å². The Hall–Kier alpha value is -1.85. The molecular weight excluding hydrogens is 368 g/mol. The molecule has 5 heteroatoms. The van der Waals surface area contributed by atoms with Crippen LogP contribution in [0.1, 0.15) is 28.3 Å². The summed E-state index contributed by atoms with van der Waals surface area (Å²) in [6.07, 6.45) is 4.64. The molecule has 0 radical (unpaired) electrons. The summed E-state index contributed by atoms with van der Waals surface area (Å²) in [5.74, 6) is 1.87. The van der Waals surface area contributed by atoms with E-state index in [1.54, 1.807) is 14.2 Å². The largest absolute Gasteiger partial charge is 0.497 e. The Morgan fingerprint density at radius 2 is 2.12 bits per heavy atom. The first-order chi connectivity index (χ1) is 11.5. The zero-order valence-corrected chi connectivity index (χ0v) is 15.3. The van der Waals surface area contributed by atoms with Crippen molar-refractivity contribution in [2.45, 2.75) is 17.9 Å². The highest BCUT2D eigenvalue weighted by atomic mass is 79.9.